The minimum Gasteiger partial charge on any atom is -0.367 e. The first-order valence-corrected chi connectivity index (χ1v) is 10.9. The number of hydrogen-bond donors (Lipinski definition) is 2. The summed E-state index contributed by atoms with van der Waals surface area (Å²) in [4.78, 5) is 40.6. The van der Waals surface area contributed by atoms with E-state index in [0.29, 0.717) is 25.1 Å². The van der Waals surface area contributed by atoms with E-state index >= 15 is 0 Å². The number of nitrogens with zero attached hydrogens (tertiary/aromatic N) is 2. The molecule has 1 unspecified atom stereocenters. The Balaban J connectivity index is 1.35. The number of hydrogen-bond acceptors (Lipinski definition) is 5. The van der Waals surface area contributed by atoms with Crippen LogP contribution in [0.5, 0.6) is 0 Å². The first-order chi connectivity index (χ1) is 15.0. The molecule has 0 aromatic heterocycles. The van der Waals surface area contributed by atoms with Gasteiger partial charge in [-0.25, -0.2) is 0 Å². The minimum absolute atomic E-state index is 0.131. The van der Waals surface area contributed by atoms with E-state index in [2.05, 4.69) is 34.5 Å². The van der Waals surface area contributed by atoms with Crippen LogP contribution in [0.2, 0.25) is 0 Å². The number of anilines is 1. The molecule has 5 rings (SSSR count). The summed E-state index contributed by atoms with van der Waals surface area (Å²) in [6.45, 7) is 2.72. The Hall–Kier alpha value is -3.19. The van der Waals surface area contributed by atoms with E-state index < -0.39 is 6.04 Å². The molecule has 2 aromatic carbocycles. The molecule has 0 radical (unpaired) electrons. The highest BCUT2D eigenvalue weighted by atomic mass is 16.2. The summed E-state index contributed by atoms with van der Waals surface area (Å²) in [5, 5.41) is 2.35. The third-order valence-corrected chi connectivity index (χ3v) is 6.56. The lowest BCUT2D eigenvalue weighted by atomic mass is 9.98. The van der Waals surface area contributed by atoms with E-state index in [1.807, 2.05) is 12.1 Å². The van der Waals surface area contributed by atoms with Crippen LogP contribution in [-0.4, -0.2) is 35.2 Å². The molecule has 1 atom stereocenters. The molecular weight excluding hydrogens is 392 g/mol. The molecule has 7 nitrogen and oxygen atoms in total. The Morgan fingerprint density at radius 1 is 1.00 bits per heavy atom. The molecular formula is C24H26N4O3. The van der Waals surface area contributed by atoms with Crippen molar-refractivity contribution in [1.29, 1.82) is 0 Å². The highest BCUT2D eigenvalue weighted by molar-refractivity contribution is 6.05. The number of piperidine rings is 1. The van der Waals surface area contributed by atoms with Crippen molar-refractivity contribution in [1.82, 2.24) is 10.2 Å². The van der Waals surface area contributed by atoms with E-state index in [4.69, 9.17) is 5.73 Å². The normalized spacial score (nSPS) is 20.5. The van der Waals surface area contributed by atoms with Crippen LogP contribution in [0, 0.1) is 0 Å². The summed E-state index contributed by atoms with van der Waals surface area (Å²) in [7, 11) is 0. The summed E-state index contributed by atoms with van der Waals surface area (Å²) in [6, 6.07) is 11.9. The molecule has 3 N–H and O–H groups in total. The lowest BCUT2D eigenvalue weighted by molar-refractivity contribution is -0.136. The average Bonchev–Trinajstić information content (AvgIpc) is 3.09. The second-order valence-corrected chi connectivity index (χ2v) is 8.58. The predicted octanol–water partition coefficient (Wildman–Crippen LogP) is 1.86. The molecule has 3 aliphatic heterocycles. The van der Waals surface area contributed by atoms with Crippen molar-refractivity contribution < 1.29 is 14.4 Å². The molecule has 7 heteroatoms. The van der Waals surface area contributed by atoms with Crippen molar-refractivity contribution in [3.63, 3.8) is 0 Å². The maximum Gasteiger partial charge on any atom is 0.255 e. The third kappa shape index (κ3) is 3.59. The fraction of sp³-hybridized carbons (Fsp3) is 0.375. The summed E-state index contributed by atoms with van der Waals surface area (Å²) in [6.07, 6.45) is 2.82. The van der Waals surface area contributed by atoms with Gasteiger partial charge in [0.05, 0.1) is 0 Å². The van der Waals surface area contributed by atoms with Crippen LogP contribution < -0.4 is 16.0 Å². The molecule has 1 saturated heterocycles. The third-order valence-electron chi connectivity index (χ3n) is 6.56. The largest absolute Gasteiger partial charge is 0.367 e. The van der Waals surface area contributed by atoms with Crippen molar-refractivity contribution >= 4 is 23.4 Å². The topological polar surface area (TPSA) is 95.7 Å². The van der Waals surface area contributed by atoms with Crippen LogP contribution in [0.3, 0.4) is 0 Å². The summed E-state index contributed by atoms with van der Waals surface area (Å²) in [5.41, 5.74) is 12.3. The van der Waals surface area contributed by atoms with Gasteiger partial charge in [-0.05, 0) is 53.6 Å². The lowest BCUT2D eigenvalue weighted by Crippen LogP contribution is -2.52. The molecule has 1 fully saturated rings. The van der Waals surface area contributed by atoms with E-state index in [9.17, 15) is 14.4 Å². The van der Waals surface area contributed by atoms with Gasteiger partial charge in [-0.15, -0.1) is 0 Å². The molecule has 0 aliphatic carbocycles. The van der Waals surface area contributed by atoms with Gasteiger partial charge < -0.3 is 15.5 Å². The maximum atomic E-state index is 12.9. The lowest BCUT2D eigenvalue weighted by Gasteiger charge is -2.32. The van der Waals surface area contributed by atoms with E-state index in [1.54, 1.807) is 4.90 Å². The minimum atomic E-state index is -0.577. The Kier molecular flexibility index (Phi) is 4.98. The molecule has 160 valence electrons. The molecule has 3 aliphatic rings. The molecule has 0 bridgehead atoms. The van der Waals surface area contributed by atoms with Crippen LogP contribution in [0.25, 0.3) is 0 Å². The number of carbonyl (C=O) groups excluding carboxylic acids is 3. The van der Waals surface area contributed by atoms with Gasteiger partial charge in [0.25, 0.3) is 5.91 Å². The summed E-state index contributed by atoms with van der Waals surface area (Å²) in [5.74, 6) is -0.777. The van der Waals surface area contributed by atoms with Crippen molar-refractivity contribution in [2.24, 2.45) is 5.73 Å². The number of imide groups is 1. The number of rotatable bonds is 4. The van der Waals surface area contributed by atoms with Crippen LogP contribution in [0.4, 0.5) is 5.69 Å². The Morgan fingerprint density at radius 3 is 2.61 bits per heavy atom. The Morgan fingerprint density at radius 2 is 1.81 bits per heavy atom. The van der Waals surface area contributed by atoms with Gasteiger partial charge in [-0.2, -0.15) is 0 Å². The van der Waals surface area contributed by atoms with Crippen LogP contribution >= 0.6 is 0 Å². The zero-order chi connectivity index (χ0) is 21.5. The fourth-order valence-corrected chi connectivity index (χ4v) is 4.97. The van der Waals surface area contributed by atoms with E-state index in [1.165, 1.54) is 11.3 Å². The standard InChI is InChI=1S/C24H26N4O3/c25-12-15-4-6-20-17(10-15)2-1-9-27(20)13-16-3-5-19-18(11-16)14-28(24(19)31)21-7-8-22(29)26-23(21)30/h3-6,10-11,21H,1-2,7-9,12-14,25H2,(H,26,29,30). The maximum absolute atomic E-state index is 12.9. The Labute approximate surface area is 181 Å². The van der Waals surface area contributed by atoms with Crippen LogP contribution in [0.1, 0.15) is 51.9 Å². The van der Waals surface area contributed by atoms with Crippen molar-refractivity contribution in [2.45, 2.75) is 51.4 Å². The average molecular weight is 418 g/mol. The molecule has 0 saturated carbocycles. The zero-order valence-electron chi connectivity index (χ0n) is 17.4. The van der Waals surface area contributed by atoms with Crippen LogP contribution in [-0.2, 0) is 35.6 Å². The fourth-order valence-electron chi connectivity index (χ4n) is 4.97. The molecule has 0 spiro atoms. The predicted molar refractivity (Wildman–Crippen MR) is 116 cm³/mol. The van der Waals surface area contributed by atoms with Crippen LogP contribution in [0.15, 0.2) is 36.4 Å². The Bertz CT molecular complexity index is 1080. The van der Waals surface area contributed by atoms with Gasteiger partial charge in [0.15, 0.2) is 0 Å². The number of amides is 3. The van der Waals surface area contributed by atoms with Gasteiger partial charge >= 0.3 is 0 Å². The van der Waals surface area contributed by atoms with Gasteiger partial charge in [-0.1, -0.05) is 24.3 Å². The second-order valence-electron chi connectivity index (χ2n) is 8.58. The van der Waals surface area contributed by atoms with E-state index in [0.717, 1.165) is 42.6 Å². The van der Waals surface area contributed by atoms with Gasteiger partial charge in [-0.3, -0.25) is 19.7 Å². The number of benzene rings is 2. The highest BCUT2D eigenvalue weighted by Gasteiger charge is 2.39. The van der Waals surface area contributed by atoms with E-state index in [-0.39, 0.29) is 24.1 Å². The van der Waals surface area contributed by atoms with Gasteiger partial charge in [0.1, 0.15) is 6.04 Å². The summed E-state index contributed by atoms with van der Waals surface area (Å²) >= 11 is 0. The van der Waals surface area contributed by atoms with Crippen molar-refractivity contribution in [3.05, 3.63) is 64.2 Å². The first kappa shape index (κ1) is 19.8. The van der Waals surface area contributed by atoms with Crippen molar-refractivity contribution in [3.8, 4) is 0 Å². The van der Waals surface area contributed by atoms with Gasteiger partial charge in [0.2, 0.25) is 11.8 Å². The SMILES string of the molecule is NCc1ccc2c(c1)CCCN2Cc1ccc2c(c1)CN(C1CCC(=O)NC1=O)C2=O. The number of nitrogens with two attached hydrogens (primary N) is 1. The number of carbonyl (C=O) groups is 3. The monoisotopic (exact) mass is 418 g/mol. The molecule has 31 heavy (non-hydrogen) atoms. The smallest absolute Gasteiger partial charge is 0.255 e. The van der Waals surface area contributed by atoms with Crippen molar-refractivity contribution in [2.75, 3.05) is 11.4 Å². The molecule has 2 aromatic rings. The zero-order valence-corrected chi connectivity index (χ0v) is 17.4. The highest BCUT2D eigenvalue weighted by Crippen LogP contribution is 2.32. The molecule has 3 heterocycles. The summed E-state index contributed by atoms with van der Waals surface area (Å²) < 4.78 is 0. The number of nitrogens with one attached hydrogen (secondary N) is 1. The number of aryl methyl sites for hydroxylation is 1. The molecule has 3 amide bonds. The number of fused-ring (bicyclic) bond motifs is 2. The second kappa shape index (κ2) is 7.81. The first-order valence-electron chi connectivity index (χ1n) is 10.9. The quantitative estimate of drug-likeness (QED) is 0.739. The van der Waals surface area contributed by atoms with Gasteiger partial charge in [0, 0.05) is 43.9 Å².